The Labute approximate surface area is 186 Å². The van der Waals surface area contributed by atoms with Crippen LogP contribution in [0, 0.1) is 14.3 Å². The molecule has 9 nitrogen and oxygen atoms in total. The van der Waals surface area contributed by atoms with E-state index < -0.39 is 5.97 Å². The van der Waals surface area contributed by atoms with E-state index in [0.29, 0.717) is 30.3 Å². The van der Waals surface area contributed by atoms with E-state index in [0.717, 1.165) is 18.7 Å². The minimum absolute atomic E-state index is 0.167. The Morgan fingerprint density at radius 2 is 2.15 bits per heavy atom. The highest BCUT2D eigenvalue weighted by atomic mass is 127. The molecule has 0 spiro atoms. The second-order valence-electron chi connectivity index (χ2n) is 6.00. The third kappa shape index (κ3) is 4.54. The number of piperidine rings is 1. The Morgan fingerprint density at radius 3 is 2.70 bits per heavy atom. The predicted molar refractivity (Wildman–Crippen MR) is 117 cm³/mol. The first-order chi connectivity index (χ1) is 12.8. The van der Waals surface area contributed by atoms with E-state index in [-0.39, 0.29) is 28.8 Å². The first-order valence-electron chi connectivity index (χ1n) is 8.00. The number of thiazole rings is 1. The minimum Gasteiger partial charge on any atom is -0.477 e. The van der Waals surface area contributed by atoms with Crippen molar-refractivity contribution in [1.82, 2.24) is 20.3 Å². The van der Waals surface area contributed by atoms with Crippen LogP contribution in [-0.4, -0.2) is 64.3 Å². The van der Waals surface area contributed by atoms with Crippen molar-refractivity contribution in [3.63, 3.8) is 0 Å². The van der Waals surface area contributed by atoms with Crippen LogP contribution >= 0.6 is 56.5 Å². The fraction of sp³-hybridized carbons (Fsp3) is 0.467. The third-order valence-electron chi connectivity index (χ3n) is 4.26. The SMILES string of the molecule is CO[C@H]1CN(c2nc(C)c(C(=O)O)s2)CC[C@H]1NC(=O)c1nc(I)c(I)[nH]1. The molecule has 1 aliphatic rings. The zero-order chi connectivity index (χ0) is 19.7. The number of hydrogen-bond acceptors (Lipinski definition) is 7. The van der Waals surface area contributed by atoms with Crippen molar-refractivity contribution in [2.45, 2.75) is 25.5 Å². The van der Waals surface area contributed by atoms with E-state index in [9.17, 15) is 14.7 Å². The summed E-state index contributed by atoms with van der Waals surface area (Å²) in [7, 11) is 1.60. The van der Waals surface area contributed by atoms with Crippen molar-refractivity contribution in [3.8, 4) is 0 Å². The van der Waals surface area contributed by atoms with Gasteiger partial charge in [-0.15, -0.1) is 0 Å². The van der Waals surface area contributed by atoms with E-state index in [1.54, 1.807) is 14.0 Å². The molecule has 1 amide bonds. The number of carboxylic acid groups (broad SMARTS) is 1. The summed E-state index contributed by atoms with van der Waals surface area (Å²) in [6.45, 7) is 2.85. The molecule has 1 fully saturated rings. The third-order valence-corrected chi connectivity index (χ3v) is 8.06. The lowest BCUT2D eigenvalue weighted by Gasteiger charge is -2.37. The number of anilines is 1. The number of carbonyl (C=O) groups excluding carboxylic acids is 1. The van der Waals surface area contributed by atoms with Gasteiger partial charge in [0.05, 0.1) is 17.8 Å². The summed E-state index contributed by atoms with van der Waals surface area (Å²) in [5.41, 5.74) is 0.508. The summed E-state index contributed by atoms with van der Waals surface area (Å²) in [5.74, 6) is -0.957. The maximum Gasteiger partial charge on any atom is 0.347 e. The van der Waals surface area contributed by atoms with Crippen molar-refractivity contribution in [1.29, 1.82) is 0 Å². The quantitative estimate of drug-likeness (QED) is 0.440. The average Bonchev–Trinajstić information content (AvgIpc) is 3.18. The molecule has 0 unspecified atom stereocenters. The van der Waals surface area contributed by atoms with Crippen LogP contribution in [0.4, 0.5) is 5.13 Å². The lowest BCUT2D eigenvalue weighted by Crippen LogP contribution is -2.55. The van der Waals surface area contributed by atoms with Crippen LogP contribution in [0.2, 0.25) is 0 Å². The van der Waals surface area contributed by atoms with Crippen LogP contribution in [-0.2, 0) is 4.74 Å². The number of aromatic nitrogens is 3. The molecule has 3 rings (SSSR count). The summed E-state index contributed by atoms with van der Waals surface area (Å²) >= 11 is 5.32. The lowest BCUT2D eigenvalue weighted by atomic mass is 10.0. The second kappa shape index (κ2) is 8.57. The van der Waals surface area contributed by atoms with Crippen LogP contribution in [0.3, 0.4) is 0 Å². The Morgan fingerprint density at radius 1 is 1.41 bits per heavy atom. The van der Waals surface area contributed by atoms with Gasteiger partial charge in [0.15, 0.2) is 11.0 Å². The van der Waals surface area contributed by atoms with E-state index in [1.165, 1.54) is 0 Å². The molecule has 12 heteroatoms. The van der Waals surface area contributed by atoms with Crippen LogP contribution < -0.4 is 10.2 Å². The number of aryl methyl sites for hydroxylation is 1. The molecule has 3 heterocycles. The van der Waals surface area contributed by atoms with Crippen LogP contribution in [0.25, 0.3) is 0 Å². The molecule has 0 radical (unpaired) electrons. The highest BCUT2D eigenvalue weighted by molar-refractivity contribution is 14.1. The van der Waals surface area contributed by atoms with Gasteiger partial charge in [-0.25, -0.2) is 14.8 Å². The normalized spacial score (nSPS) is 19.9. The largest absolute Gasteiger partial charge is 0.477 e. The van der Waals surface area contributed by atoms with Crippen molar-refractivity contribution in [2.75, 3.05) is 25.1 Å². The number of imidazole rings is 1. The molecular weight excluding hydrogens is 600 g/mol. The van der Waals surface area contributed by atoms with Crippen LogP contribution in [0.1, 0.15) is 32.4 Å². The maximum atomic E-state index is 12.5. The number of hydrogen-bond donors (Lipinski definition) is 3. The molecule has 1 aliphatic heterocycles. The zero-order valence-electron chi connectivity index (χ0n) is 14.5. The summed E-state index contributed by atoms with van der Waals surface area (Å²) in [6, 6.07) is -0.167. The number of rotatable bonds is 5. The number of nitrogens with one attached hydrogen (secondary N) is 2. The number of amides is 1. The molecule has 0 saturated carbocycles. The molecule has 3 N–H and O–H groups in total. The molecular formula is C15H17I2N5O4S. The number of halogens is 2. The Bertz CT molecular complexity index is 851. The van der Waals surface area contributed by atoms with Crippen LogP contribution in [0.5, 0.6) is 0 Å². The molecule has 2 atom stereocenters. The molecule has 0 aliphatic carbocycles. The maximum absolute atomic E-state index is 12.5. The number of H-pyrrole nitrogens is 1. The van der Waals surface area contributed by atoms with E-state index in [2.05, 4.69) is 65.5 Å². The highest BCUT2D eigenvalue weighted by Gasteiger charge is 2.33. The van der Waals surface area contributed by atoms with Crippen molar-refractivity contribution < 1.29 is 19.4 Å². The van der Waals surface area contributed by atoms with E-state index in [4.69, 9.17) is 4.74 Å². The number of ether oxygens (including phenoxy) is 1. The second-order valence-corrected chi connectivity index (χ2v) is 9.07. The number of methoxy groups -OCH3 is 1. The summed E-state index contributed by atoms with van der Waals surface area (Å²) in [6.07, 6.45) is 0.411. The molecule has 0 bridgehead atoms. The van der Waals surface area contributed by atoms with Gasteiger partial charge >= 0.3 is 5.97 Å². The predicted octanol–water partition coefficient (Wildman–Crippen LogP) is 2.11. The Hall–Kier alpha value is -1.00. The highest BCUT2D eigenvalue weighted by Crippen LogP contribution is 2.29. The first kappa shape index (κ1) is 20.7. The summed E-state index contributed by atoms with van der Waals surface area (Å²) in [4.78, 5) is 37.5. The molecule has 27 heavy (non-hydrogen) atoms. The lowest BCUT2D eigenvalue weighted by molar-refractivity contribution is 0.0538. The molecule has 146 valence electrons. The zero-order valence-corrected chi connectivity index (χ0v) is 19.6. The topological polar surface area (TPSA) is 120 Å². The summed E-state index contributed by atoms with van der Waals surface area (Å²) < 4.78 is 7.15. The van der Waals surface area contributed by atoms with Gasteiger partial charge in [-0.2, -0.15) is 0 Å². The van der Waals surface area contributed by atoms with Gasteiger partial charge in [-0.1, -0.05) is 11.3 Å². The van der Waals surface area contributed by atoms with E-state index in [1.807, 2.05) is 4.90 Å². The number of nitrogens with zero attached hydrogens (tertiary/aromatic N) is 3. The number of carbonyl (C=O) groups is 2. The monoisotopic (exact) mass is 617 g/mol. The van der Waals surface area contributed by atoms with Gasteiger partial charge in [0, 0.05) is 20.2 Å². The number of aromatic amines is 1. The standard InChI is InChI=1S/C15H17I2N5O4S/c1-6-9(14(24)25)27-15(18-6)22-4-3-7(8(5-22)26-2)19-13(23)12-20-10(16)11(17)21-12/h7-8H,3-5H2,1-2H3,(H,19,23)(H,20,21)(H,24,25)/t7-,8+/m1/s1. The smallest absolute Gasteiger partial charge is 0.347 e. The van der Waals surface area contributed by atoms with Crippen molar-refractivity contribution >= 4 is 73.5 Å². The molecule has 2 aromatic heterocycles. The van der Waals surface area contributed by atoms with Gasteiger partial charge in [0.2, 0.25) is 0 Å². The van der Waals surface area contributed by atoms with Crippen molar-refractivity contribution in [3.05, 3.63) is 23.8 Å². The number of aromatic carboxylic acids is 1. The van der Waals surface area contributed by atoms with Crippen LogP contribution in [0.15, 0.2) is 0 Å². The summed E-state index contributed by atoms with van der Waals surface area (Å²) in [5, 5.41) is 12.9. The van der Waals surface area contributed by atoms with Gasteiger partial charge in [-0.05, 0) is 58.5 Å². The first-order valence-corrected chi connectivity index (χ1v) is 11.0. The average molecular weight is 617 g/mol. The Kier molecular flexibility index (Phi) is 6.58. The minimum atomic E-state index is -0.968. The molecule has 2 aromatic rings. The molecule has 1 saturated heterocycles. The number of carboxylic acids is 1. The van der Waals surface area contributed by atoms with Crippen molar-refractivity contribution in [2.24, 2.45) is 0 Å². The molecule has 0 aromatic carbocycles. The van der Waals surface area contributed by atoms with Gasteiger partial charge < -0.3 is 25.0 Å². The van der Waals surface area contributed by atoms with Gasteiger partial charge in [-0.3, -0.25) is 4.79 Å². The fourth-order valence-corrected chi connectivity index (χ4v) is 4.58. The van der Waals surface area contributed by atoms with Gasteiger partial charge in [0.25, 0.3) is 5.91 Å². The Balaban J connectivity index is 1.68. The van der Waals surface area contributed by atoms with Gasteiger partial charge in [0.1, 0.15) is 12.3 Å². The van der Waals surface area contributed by atoms with E-state index >= 15 is 0 Å². The fourth-order valence-electron chi connectivity index (χ4n) is 2.89.